The minimum absolute atomic E-state index is 0.0651. The lowest BCUT2D eigenvalue weighted by molar-refractivity contribution is 0.102. The van der Waals surface area contributed by atoms with E-state index in [-0.39, 0.29) is 5.56 Å². The lowest BCUT2D eigenvalue weighted by Gasteiger charge is -2.09. The summed E-state index contributed by atoms with van der Waals surface area (Å²) >= 11 is 0. The molecule has 6 nitrogen and oxygen atoms in total. The molecule has 0 aliphatic carbocycles. The summed E-state index contributed by atoms with van der Waals surface area (Å²) in [5.74, 6) is 1.64. The fourth-order valence-corrected chi connectivity index (χ4v) is 2.46. The highest BCUT2D eigenvalue weighted by molar-refractivity contribution is 6.04. The Labute approximate surface area is 156 Å². The van der Waals surface area contributed by atoms with Crippen LogP contribution in [0.5, 0.6) is 17.2 Å². The minimum Gasteiger partial charge on any atom is -0.494 e. The van der Waals surface area contributed by atoms with E-state index >= 15 is 0 Å². The molecule has 0 radical (unpaired) electrons. The van der Waals surface area contributed by atoms with Crippen molar-refractivity contribution in [1.82, 2.24) is 4.98 Å². The maximum Gasteiger partial charge on any atom is 0.261 e. The maximum atomic E-state index is 12.2. The van der Waals surface area contributed by atoms with E-state index in [4.69, 9.17) is 9.47 Å². The number of rotatable bonds is 6. The molecule has 2 aromatic carbocycles. The third-order valence-corrected chi connectivity index (χ3v) is 3.78. The molecule has 3 rings (SSSR count). The van der Waals surface area contributed by atoms with Gasteiger partial charge in [0.15, 0.2) is 0 Å². The van der Waals surface area contributed by atoms with Crippen molar-refractivity contribution >= 4 is 11.6 Å². The SMILES string of the molecule is CCOc1ccc(Oc2ccc(NC(=O)c3ccc(C)[nH]c3=O)cc2)cc1. The predicted octanol–water partition coefficient (Wildman–Crippen LogP) is 4.13. The lowest BCUT2D eigenvalue weighted by Crippen LogP contribution is -2.23. The zero-order valence-electron chi connectivity index (χ0n) is 15.1. The number of amides is 1. The van der Waals surface area contributed by atoms with E-state index in [2.05, 4.69) is 10.3 Å². The van der Waals surface area contributed by atoms with Gasteiger partial charge in [0.1, 0.15) is 22.8 Å². The molecular formula is C21H20N2O4. The monoisotopic (exact) mass is 364 g/mol. The highest BCUT2D eigenvalue weighted by atomic mass is 16.5. The van der Waals surface area contributed by atoms with Crippen molar-refractivity contribution in [2.75, 3.05) is 11.9 Å². The Hall–Kier alpha value is -3.54. The van der Waals surface area contributed by atoms with Crippen LogP contribution in [0.2, 0.25) is 0 Å². The molecule has 0 spiro atoms. The lowest BCUT2D eigenvalue weighted by atomic mass is 10.2. The van der Waals surface area contributed by atoms with Gasteiger partial charge >= 0.3 is 0 Å². The smallest absolute Gasteiger partial charge is 0.261 e. The van der Waals surface area contributed by atoms with Crippen molar-refractivity contribution in [2.24, 2.45) is 0 Å². The van der Waals surface area contributed by atoms with Crippen molar-refractivity contribution in [3.05, 3.63) is 82.3 Å². The first kappa shape index (κ1) is 18.3. The van der Waals surface area contributed by atoms with Gasteiger partial charge in [-0.25, -0.2) is 0 Å². The summed E-state index contributed by atoms with van der Waals surface area (Å²) in [6.45, 7) is 4.30. The Morgan fingerprint density at radius 1 is 0.926 bits per heavy atom. The van der Waals surface area contributed by atoms with Crippen LogP contribution in [-0.4, -0.2) is 17.5 Å². The van der Waals surface area contributed by atoms with Crippen molar-refractivity contribution in [3.8, 4) is 17.2 Å². The van der Waals surface area contributed by atoms with Gasteiger partial charge < -0.3 is 19.8 Å². The number of aryl methyl sites for hydroxylation is 1. The van der Waals surface area contributed by atoms with Crippen molar-refractivity contribution in [3.63, 3.8) is 0 Å². The molecule has 0 aliphatic heterocycles. The molecule has 0 unspecified atom stereocenters. The number of pyridine rings is 1. The van der Waals surface area contributed by atoms with Crippen LogP contribution in [0.1, 0.15) is 23.0 Å². The molecule has 1 heterocycles. The largest absolute Gasteiger partial charge is 0.494 e. The number of aromatic nitrogens is 1. The predicted molar refractivity (Wildman–Crippen MR) is 104 cm³/mol. The van der Waals surface area contributed by atoms with Crippen molar-refractivity contribution in [1.29, 1.82) is 0 Å². The third-order valence-electron chi connectivity index (χ3n) is 3.78. The molecular weight excluding hydrogens is 344 g/mol. The van der Waals surface area contributed by atoms with Gasteiger partial charge in [-0.3, -0.25) is 9.59 Å². The molecule has 0 bridgehead atoms. The topological polar surface area (TPSA) is 80.4 Å². The molecule has 138 valence electrons. The van der Waals surface area contributed by atoms with Crippen LogP contribution in [0, 0.1) is 6.92 Å². The fraction of sp³-hybridized carbons (Fsp3) is 0.143. The number of carbonyl (C=O) groups excluding carboxylic acids is 1. The first-order valence-corrected chi connectivity index (χ1v) is 8.57. The van der Waals surface area contributed by atoms with Crippen LogP contribution < -0.4 is 20.3 Å². The standard InChI is InChI=1S/C21H20N2O4/c1-3-26-16-9-11-18(12-10-16)27-17-7-5-15(6-8-17)23-21(25)19-13-4-14(2)22-20(19)24/h4-13H,3H2,1-2H3,(H,22,24)(H,23,25). The zero-order chi connectivity index (χ0) is 19.2. The zero-order valence-corrected chi connectivity index (χ0v) is 15.1. The Balaban J connectivity index is 1.64. The Morgan fingerprint density at radius 3 is 2.11 bits per heavy atom. The molecule has 0 fully saturated rings. The van der Waals surface area contributed by atoms with Gasteiger partial charge in [-0.05, 0) is 74.5 Å². The van der Waals surface area contributed by atoms with E-state index in [1.807, 2.05) is 31.2 Å². The number of anilines is 1. The van der Waals surface area contributed by atoms with E-state index in [0.717, 1.165) is 5.75 Å². The van der Waals surface area contributed by atoms with Gasteiger partial charge in [0.05, 0.1) is 6.61 Å². The van der Waals surface area contributed by atoms with Crippen LogP contribution >= 0.6 is 0 Å². The average molecular weight is 364 g/mol. The van der Waals surface area contributed by atoms with E-state index < -0.39 is 11.5 Å². The minimum atomic E-state index is -0.462. The summed E-state index contributed by atoms with van der Waals surface area (Å²) in [7, 11) is 0. The van der Waals surface area contributed by atoms with Gasteiger partial charge in [0.2, 0.25) is 0 Å². The highest BCUT2D eigenvalue weighted by Gasteiger charge is 2.10. The fourth-order valence-electron chi connectivity index (χ4n) is 2.46. The van der Waals surface area contributed by atoms with Crippen molar-refractivity contribution < 1.29 is 14.3 Å². The van der Waals surface area contributed by atoms with Gasteiger partial charge in [0, 0.05) is 11.4 Å². The highest BCUT2D eigenvalue weighted by Crippen LogP contribution is 2.25. The quantitative estimate of drug-likeness (QED) is 0.689. The molecule has 0 aliphatic rings. The number of hydrogen-bond acceptors (Lipinski definition) is 4. The second-order valence-corrected chi connectivity index (χ2v) is 5.87. The first-order chi connectivity index (χ1) is 13.0. The van der Waals surface area contributed by atoms with Crippen LogP contribution in [0.15, 0.2) is 65.5 Å². The third kappa shape index (κ3) is 4.76. The average Bonchev–Trinajstić information content (AvgIpc) is 2.65. The van der Waals surface area contributed by atoms with E-state index in [9.17, 15) is 9.59 Å². The summed E-state index contributed by atoms with van der Waals surface area (Å²) in [6, 6.07) is 17.4. The second kappa shape index (κ2) is 8.23. The normalized spacial score (nSPS) is 10.3. The molecule has 1 aromatic heterocycles. The number of carbonyl (C=O) groups is 1. The van der Waals surface area contributed by atoms with E-state index in [0.29, 0.717) is 29.5 Å². The Kier molecular flexibility index (Phi) is 5.56. The number of nitrogens with one attached hydrogen (secondary N) is 2. The number of ether oxygens (including phenoxy) is 2. The van der Waals surface area contributed by atoms with Gasteiger partial charge in [-0.15, -0.1) is 0 Å². The molecule has 2 N–H and O–H groups in total. The van der Waals surface area contributed by atoms with E-state index in [1.54, 1.807) is 37.3 Å². The number of H-pyrrole nitrogens is 1. The maximum absolute atomic E-state index is 12.2. The molecule has 1 amide bonds. The Morgan fingerprint density at radius 2 is 1.52 bits per heavy atom. The summed E-state index contributed by atoms with van der Waals surface area (Å²) < 4.78 is 11.2. The van der Waals surface area contributed by atoms with Gasteiger partial charge in [0.25, 0.3) is 11.5 Å². The summed E-state index contributed by atoms with van der Waals surface area (Å²) in [5.41, 5.74) is 0.921. The Bertz CT molecular complexity index is 976. The number of hydrogen-bond donors (Lipinski definition) is 2. The van der Waals surface area contributed by atoms with Crippen LogP contribution in [-0.2, 0) is 0 Å². The first-order valence-electron chi connectivity index (χ1n) is 8.57. The van der Waals surface area contributed by atoms with Crippen LogP contribution in [0.3, 0.4) is 0 Å². The summed E-state index contributed by atoms with van der Waals surface area (Å²) in [5, 5.41) is 2.70. The molecule has 0 saturated heterocycles. The second-order valence-electron chi connectivity index (χ2n) is 5.87. The van der Waals surface area contributed by atoms with Gasteiger partial charge in [-0.1, -0.05) is 0 Å². The van der Waals surface area contributed by atoms with Crippen LogP contribution in [0.25, 0.3) is 0 Å². The summed E-state index contributed by atoms with van der Waals surface area (Å²) in [4.78, 5) is 26.7. The molecule has 3 aromatic rings. The molecule has 27 heavy (non-hydrogen) atoms. The van der Waals surface area contributed by atoms with Gasteiger partial charge in [-0.2, -0.15) is 0 Å². The molecule has 0 saturated carbocycles. The summed E-state index contributed by atoms with van der Waals surface area (Å²) in [6.07, 6.45) is 0. The molecule has 0 atom stereocenters. The number of benzene rings is 2. The van der Waals surface area contributed by atoms with Crippen molar-refractivity contribution in [2.45, 2.75) is 13.8 Å². The molecule has 6 heteroatoms. The van der Waals surface area contributed by atoms with Crippen LogP contribution in [0.4, 0.5) is 5.69 Å². The number of aromatic amines is 1. The van der Waals surface area contributed by atoms with E-state index in [1.165, 1.54) is 6.07 Å².